The van der Waals surface area contributed by atoms with Gasteiger partial charge in [-0.25, -0.2) is 9.59 Å². The maximum Gasteiger partial charge on any atom is 0.421 e. The Balaban J connectivity index is 2.04. The molecule has 2 rings (SSSR count). The molecule has 0 saturated carbocycles. The molecule has 2 aromatic rings. The van der Waals surface area contributed by atoms with Crippen LogP contribution < -0.4 is 5.32 Å². The van der Waals surface area contributed by atoms with Crippen LogP contribution in [0.15, 0.2) is 54.6 Å². The number of aliphatic hydroxyl groups is 1. The van der Waals surface area contributed by atoms with Crippen molar-refractivity contribution in [2.24, 2.45) is 0 Å². The van der Waals surface area contributed by atoms with E-state index in [9.17, 15) is 27.9 Å². The molecule has 0 radical (unpaired) electrons. The van der Waals surface area contributed by atoms with Crippen LogP contribution in [0, 0.1) is 0 Å². The predicted molar refractivity (Wildman–Crippen MR) is 147 cm³/mol. The predicted octanol–water partition coefficient (Wildman–Crippen LogP) is 6.85. The van der Waals surface area contributed by atoms with E-state index in [2.05, 4.69) is 5.32 Å². The Morgan fingerprint density at radius 3 is 1.90 bits per heavy atom. The molecule has 1 amide bonds. The lowest BCUT2D eigenvalue weighted by Gasteiger charge is -2.31. The zero-order chi connectivity index (χ0) is 29.5. The third-order valence-corrected chi connectivity index (χ3v) is 6.50. The molecule has 2 atom stereocenters. The van der Waals surface area contributed by atoms with Crippen molar-refractivity contribution >= 4 is 23.8 Å². The Labute approximate surface area is 232 Å². The van der Waals surface area contributed by atoms with Gasteiger partial charge in [-0.2, -0.15) is 24.9 Å². The fraction of sp³-hybridized carbons (Fsp3) is 0.517. The molecule has 0 aliphatic heterocycles. The van der Waals surface area contributed by atoms with Crippen molar-refractivity contribution in [2.75, 3.05) is 11.5 Å². The van der Waals surface area contributed by atoms with E-state index in [0.29, 0.717) is 0 Å². The number of amides is 1. The topological polar surface area (TPSA) is 84.9 Å². The Morgan fingerprint density at radius 2 is 1.38 bits per heavy atom. The third kappa shape index (κ3) is 10.4. The van der Waals surface area contributed by atoms with E-state index in [0.717, 1.165) is 22.9 Å². The van der Waals surface area contributed by atoms with Crippen LogP contribution in [0.4, 0.5) is 18.0 Å². The van der Waals surface area contributed by atoms with Gasteiger partial charge in [0.2, 0.25) is 0 Å². The van der Waals surface area contributed by atoms with Gasteiger partial charge in [0.25, 0.3) is 0 Å². The van der Waals surface area contributed by atoms with Crippen molar-refractivity contribution in [3.63, 3.8) is 0 Å². The number of alkyl halides is 3. The SMILES string of the molecule is CC(C)(C)OC(=O)N[C@@H](CCSCCC(O)(c1ccc(-c2ccccc2)cc1)C(F)(F)F)C(=O)OC(C)(C)C. The van der Waals surface area contributed by atoms with Gasteiger partial charge in [0, 0.05) is 0 Å². The highest BCUT2D eigenvalue weighted by atomic mass is 32.2. The number of alkyl carbamates (subject to hydrolysis) is 1. The average molecular weight is 570 g/mol. The van der Waals surface area contributed by atoms with Gasteiger partial charge in [0.15, 0.2) is 5.60 Å². The summed E-state index contributed by atoms with van der Waals surface area (Å²) < 4.78 is 52.6. The van der Waals surface area contributed by atoms with Gasteiger partial charge in [-0.05, 0) is 82.6 Å². The number of thioether (sulfide) groups is 1. The van der Waals surface area contributed by atoms with Crippen molar-refractivity contribution in [1.29, 1.82) is 0 Å². The Bertz CT molecular complexity index is 1080. The first kappa shape index (κ1) is 32.5. The van der Waals surface area contributed by atoms with Gasteiger partial charge in [0.05, 0.1) is 0 Å². The zero-order valence-corrected chi connectivity index (χ0v) is 24.0. The smallest absolute Gasteiger partial charge is 0.421 e. The largest absolute Gasteiger partial charge is 0.458 e. The summed E-state index contributed by atoms with van der Waals surface area (Å²) in [6.45, 7) is 10.1. The molecule has 0 heterocycles. The molecule has 2 N–H and O–H groups in total. The molecule has 0 aromatic heterocycles. The van der Waals surface area contributed by atoms with E-state index in [1.807, 2.05) is 30.3 Å². The first-order valence-electron chi connectivity index (χ1n) is 12.7. The number of carbonyl (C=O) groups excluding carboxylic acids is 2. The first-order chi connectivity index (χ1) is 17.9. The minimum absolute atomic E-state index is 0.0378. The van der Waals surface area contributed by atoms with Crippen molar-refractivity contribution in [3.05, 3.63) is 60.2 Å². The molecule has 2 aromatic carbocycles. The Morgan fingerprint density at radius 1 is 0.846 bits per heavy atom. The molecule has 0 aliphatic rings. The van der Waals surface area contributed by atoms with Crippen LogP contribution in [-0.2, 0) is 19.9 Å². The minimum Gasteiger partial charge on any atom is -0.458 e. The molecular weight excluding hydrogens is 531 g/mol. The monoisotopic (exact) mass is 569 g/mol. The standard InChI is InChI=1S/C29H38F3NO5S/c1-26(2,3)37-24(34)23(33-25(35)38-27(4,5)6)16-18-39-19-17-28(36,29(30,31)32)22-14-12-21(13-15-22)20-10-8-7-9-11-20/h7-15,23,36H,16-19H2,1-6H3,(H,33,35)/t23-,28?/m0/s1. The number of halogens is 3. The summed E-state index contributed by atoms with van der Waals surface area (Å²) >= 11 is 1.13. The number of esters is 1. The van der Waals surface area contributed by atoms with E-state index in [-0.39, 0.29) is 23.5 Å². The maximum atomic E-state index is 14.0. The molecule has 0 spiro atoms. The van der Waals surface area contributed by atoms with E-state index < -0.39 is 47.5 Å². The van der Waals surface area contributed by atoms with Crippen molar-refractivity contribution in [2.45, 2.75) is 83.4 Å². The number of ether oxygens (including phenoxy) is 2. The average Bonchev–Trinajstić information content (AvgIpc) is 2.80. The quantitative estimate of drug-likeness (QED) is 0.240. The van der Waals surface area contributed by atoms with Crippen LogP contribution in [0.3, 0.4) is 0 Å². The second kappa shape index (κ2) is 13.1. The zero-order valence-electron chi connectivity index (χ0n) is 23.2. The number of hydrogen-bond donors (Lipinski definition) is 2. The number of benzene rings is 2. The number of carbonyl (C=O) groups is 2. The third-order valence-electron chi connectivity index (χ3n) is 5.48. The molecule has 0 saturated heterocycles. The fourth-order valence-electron chi connectivity index (χ4n) is 3.61. The van der Waals surface area contributed by atoms with Crippen LogP contribution >= 0.6 is 11.8 Å². The molecule has 39 heavy (non-hydrogen) atoms. The summed E-state index contributed by atoms with van der Waals surface area (Å²) in [5.74, 6) is -0.468. The summed E-state index contributed by atoms with van der Waals surface area (Å²) in [5, 5.41) is 13.2. The van der Waals surface area contributed by atoms with Crippen LogP contribution in [0.25, 0.3) is 11.1 Å². The summed E-state index contributed by atoms with van der Waals surface area (Å²) in [6.07, 6.45) is -6.16. The molecule has 0 aliphatic carbocycles. The number of rotatable bonds is 10. The summed E-state index contributed by atoms with van der Waals surface area (Å²) in [4.78, 5) is 24.9. The highest BCUT2D eigenvalue weighted by Gasteiger charge is 2.54. The van der Waals surface area contributed by atoms with Gasteiger partial charge in [-0.1, -0.05) is 54.6 Å². The molecule has 10 heteroatoms. The minimum atomic E-state index is -4.89. The molecule has 216 valence electrons. The first-order valence-corrected chi connectivity index (χ1v) is 13.8. The van der Waals surface area contributed by atoms with Crippen LogP contribution in [-0.4, -0.2) is 52.1 Å². The van der Waals surface area contributed by atoms with Crippen LogP contribution in [0.1, 0.15) is 59.9 Å². The van der Waals surface area contributed by atoms with Gasteiger partial charge in [0.1, 0.15) is 17.2 Å². The van der Waals surface area contributed by atoms with Gasteiger partial charge >= 0.3 is 18.2 Å². The second-order valence-electron chi connectivity index (χ2n) is 11.2. The summed E-state index contributed by atoms with van der Waals surface area (Å²) in [5.41, 5.74) is -3.25. The highest BCUT2D eigenvalue weighted by Crippen LogP contribution is 2.42. The molecule has 6 nitrogen and oxygen atoms in total. The van der Waals surface area contributed by atoms with E-state index in [1.165, 1.54) is 12.1 Å². The van der Waals surface area contributed by atoms with Crippen molar-refractivity contribution in [1.82, 2.24) is 5.32 Å². The highest BCUT2D eigenvalue weighted by molar-refractivity contribution is 7.99. The lowest BCUT2D eigenvalue weighted by atomic mass is 9.89. The number of nitrogens with one attached hydrogen (secondary N) is 1. The normalized spacial score (nSPS) is 14.7. The number of hydrogen-bond acceptors (Lipinski definition) is 6. The van der Waals surface area contributed by atoms with Crippen molar-refractivity contribution in [3.8, 4) is 11.1 Å². The van der Waals surface area contributed by atoms with Crippen LogP contribution in [0.2, 0.25) is 0 Å². The van der Waals surface area contributed by atoms with Crippen LogP contribution in [0.5, 0.6) is 0 Å². The summed E-state index contributed by atoms with van der Waals surface area (Å²) in [6, 6.07) is 13.9. The van der Waals surface area contributed by atoms with Gasteiger partial charge in [-0.3, -0.25) is 0 Å². The lowest BCUT2D eigenvalue weighted by molar-refractivity contribution is -0.267. The van der Waals surface area contributed by atoms with E-state index >= 15 is 0 Å². The molecule has 1 unspecified atom stereocenters. The Hall–Kier alpha value is -2.72. The van der Waals surface area contributed by atoms with E-state index in [4.69, 9.17) is 9.47 Å². The summed E-state index contributed by atoms with van der Waals surface area (Å²) in [7, 11) is 0. The van der Waals surface area contributed by atoms with Crippen molar-refractivity contribution < 1.29 is 37.3 Å². The fourth-order valence-corrected chi connectivity index (χ4v) is 4.66. The van der Waals surface area contributed by atoms with E-state index in [1.54, 1.807) is 53.7 Å². The maximum absolute atomic E-state index is 14.0. The van der Waals surface area contributed by atoms with Gasteiger partial charge in [-0.15, -0.1) is 0 Å². The molecule has 0 fully saturated rings. The molecular formula is C29H38F3NO5S. The second-order valence-corrected chi connectivity index (χ2v) is 12.4. The lowest BCUT2D eigenvalue weighted by Crippen LogP contribution is -2.46. The Kier molecular flexibility index (Phi) is 10.9. The molecule has 0 bridgehead atoms. The van der Waals surface area contributed by atoms with Gasteiger partial charge < -0.3 is 19.9 Å².